The summed E-state index contributed by atoms with van der Waals surface area (Å²) in [5, 5.41) is 14.8. The zero-order chi connectivity index (χ0) is 21.0. The van der Waals surface area contributed by atoms with Crippen molar-refractivity contribution in [2.75, 3.05) is 5.32 Å². The summed E-state index contributed by atoms with van der Waals surface area (Å²) in [5.74, 6) is -0.445. The predicted octanol–water partition coefficient (Wildman–Crippen LogP) is 5.01. The summed E-state index contributed by atoms with van der Waals surface area (Å²) in [7, 11) is 0. The topological polar surface area (TPSA) is 83.4 Å². The van der Waals surface area contributed by atoms with Crippen molar-refractivity contribution in [1.82, 2.24) is 9.88 Å². The number of amides is 1. The average molecular weight is 403 g/mol. The van der Waals surface area contributed by atoms with Gasteiger partial charge in [-0.05, 0) is 37.8 Å². The SMILES string of the molecule is CCC(CC)n1cc(CNC(=O)O)c(=O)c2cc(F)c(NC3CCCCC3)cc21. The summed E-state index contributed by atoms with van der Waals surface area (Å²) < 4.78 is 16.9. The normalized spacial score (nSPS) is 15.0. The van der Waals surface area contributed by atoms with Gasteiger partial charge in [-0.3, -0.25) is 4.79 Å². The summed E-state index contributed by atoms with van der Waals surface area (Å²) in [6.07, 6.45) is 7.78. The van der Waals surface area contributed by atoms with Crippen molar-refractivity contribution >= 4 is 22.7 Å². The molecule has 0 saturated heterocycles. The van der Waals surface area contributed by atoms with E-state index in [-0.39, 0.29) is 29.4 Å². The number of benzene rings is 1. The fourth-order valence-electron chi connectivity index (χ4n) is 4.28. The van der Waals surface area contributed by atoms with Gasteiger partial charge in [0, 0.05) is 29.2 Å². The second-order valence-corrected chi connectivity index (χ2v) is 7.85. The number of carbonyl (C=O) groups is 1. The van der Waals surface area contributed by atoms with Crippen LogP contribution in [0.5, 0.6) is 0 Å². The summed E-state index contributed by atoms with van der Waals surface area (Å²) in [6.45, 7) is 4.03. The highest BCUT2D eigenvalue weighted by Crippen LogP contribution is 2.29. The second-order valence-electron chi connectivity index (χ2n) is 7.85. The zero-order valence-corrected chi connectivity index (χ0v) is 17.1. The Hall–Kier alpha value is -2.57. The van der Waals surface area contributed by atoms with E-state index in [9.17, 15) is 14.0 Å². The summed E-state index contributed by atoms with van der Waals surface area (Å²) >= 11 is 0. The Bertz CT molecular complexity index is 931. The Morgan fingerprint density at radius 1 is 1.24 bits per heavy atom. The van der Waals surface area contributed by atoms with Crippen LogP contribution < -0.4 is 16.1 Å². The molecular weight excluding hydrogens is 373 g/mol. The van der Waals surface area contributed by atoms with Crippen LogP contribution in [0.25, 0.3) is 10.9 Å². The first-order chi connectivity index (χ1) is 13.9. The maximum Gasteiger partial charge on any atom is 0.404 e. The van der Waals surface area contributed by atoms with E-state index in [1.807, 2.05) is 4.57 Å². The first kappa shape index (κ1) is 21.1. The fourth-order valence-corrected chi connectivity index (χ4v) is 4.28. The minimum atomic E-state index is -1.20. The number of hydrogen-bond acceptors (Lipinski definition) is 3. The van der Waals surface area contributed by atoms with Gasteiger partial charge in [0.1, 0.15) is 5.82 Å². The standard InChI is InChI=1S/C22H30FN3O3/c1-3-16(4-2)26-13-14(12-24-22(28)29)21(27)17-10-18(23)19(11-20(17)26)25-15-8-6-5-7-9-15/h10-11,13,15-16,24-25H,3-9,12H2,1-2H3,(H,28,29). The largest absolute Gasteiger partial charge is 0.465 e. The van der Waals surface area contributed by atoms with Crippen LogP contribution >= 0.6 is 0 Å². The van der Waals surface area contributed by atoms with Gasteiger partial charge in [-0.1, -0.05) is 33.1 Å². The molecule has 0 bridgehead atoms. The van der Waals surface area contributed by atoms with Crippen LogP contribution in [-0.2, 0) is 6.54 Å². The molecule has 1 aliphatic rings. The third kappa shape index (κ3) is 4.71. The molecule has 7 heteroatoms. The summed E-state index contributed by atoms with van der Waals surface area (Å²) in [5.41, 5.74) is 1.10. The molecule has 29 heavy (non-hydrogen) atoms. The molecule has 1 saturated carbocycles. The average Bonchev–Trinajstić information content (AvgIpc) is 2.71. The van der Waals surface area contributed by atoms with Gasteiger partial charge < -0.3 is 20.3 Å². The lowest BCUT2D eigenvalue weighted by molar-refractivity contribution is 0.194. The Morgan fingerprint density at radius 2 is 1.93 bits per heavy atom. The molecule has 0 aliphatic heterocycles. The molecule has 0 atom stereocenters. The van der Waals surface area contributed by atoms with Crippen LogP contribution in [0, 0.1) is 5.82 Å². The highest BCUT2D eigenvalue weighted by molar-refractivity contribution is 5.84. The molecule has 158 valence electrons. The zero-order valence-electron chi connectivity index (χ0n) is 17.1. The molecule has 0 spiro atoms. The van der Waals surface area contributed by atoms with Crippen molar-refractivity contribution in [3.8, 4) is 0 Å². The molecule has 0 radical (unpaired) electrons. The molecule has 1 heterocycles. The van der Waals surface area contributed by atoms with Crippen LogP contribution in [0.3, 0.4) is 0 Å². The van der Waals surface area contributed by atoms with E-state index in [0.29, 0.717) is 16.8 Å². The molecule has 1 aliphatic carbocycles. The molecule has 6 nitrogen and oxygen atoms in total. The summed E-state index contributed by atoms with van der Waals surface area (Å²) in [4.78, 5) is 23.8. The molecular formula is C22H30FN3O3. The van der Waals surface area contributed by atoms with E-state index in [2.05, 4.69) is 24.5 Å². The summed E-state index contributed by atoms with van der Waals surface area (Å²) in [6, 6.07) is 3.43. The minimum Gasteiger partial charge on any atom is -0.465 e. The number of fused-ring (bicyclic) bond motifs is 1. The first-order valence-electron chi connectivity index (χ1n) is 10.5. The smallest absolute Gasteiger partial charge is 0.404 e. The van der Waals surface area contributed by atoms with Crippen LogP contribution in [0.15, 0.2) is 23.1 Å². The fraction of sp³-hybridized carbons (Fsp3) is 0.545. The van der Waals surface area contributed by atoms with Gasteiger partial charge >= 0.3 is 6.09 Å². The van der Waals surface area contributed by atoms with Gasteiger partial charge in [0.15, 0.2) is 5.43 Å². The molecule has 1 amide bonds. The van der Waals surface area contributed by atoms with Gasteiger partial charge in [0.05, 0.1) is 17.7 Å². The third-order valence-electron chi connectivity index (χ3n) is 5.93. The van der Waals surface area contributed by atoms with Crippen LogP contribution in [0.1, 0.15) is 70.4 Å². The van der Waals surface area contributed by atoms with Crippen LogP contribution in [0.2, 0.25) is 0 Å². The van der Waals surface area contributed by atoms with Gasteiger partial charge in [0.25, 0.3) is 0 Å². The second kappa shape index (κ2) is 9.29. The van der Waals surface area contributed by atoms with Crippen molar-refractivity contribution in [2.45, 2.75) is 77.4 Å². The van der Waals surface area contributed by atoms with Gasteiger partial charge in [-0.2, -0.15) is 0 Å². The lowest BCUT2D eigenvalue weighted by Gasteiger charge is -2.25. The minimum absolute atomic E-state index is 0.103. The van der Waals surface area contributed by atoms with Crippen LogP contribution in [-0.4, -0.2) is 21.8 Å². The van der Waals surface area contributed by atoms with E-state index in [0.717, 1.165) is 38.5 Å². The molecule has 1 fully saturated rings. The molecule has 1 aromatic heterocycles. The monoisotopic (exact) mass is 403 g/mol. The number of aromatic nitrogens is 1. The molecule has 3 rings (SSSR count). The van der Waals surface area contributed by atoms with E-state index in [1.54, 1.807) is 12.3 Å². The van der Waals surface area contributed by atoms with Gasteiger partial charge in [-0.15, -0.1) is 0 Å². The van der Waals surface area contributed by atoms with Crippen molar-refractivity contribution in [3.05, 3.63) is 39.9 Å². The number of nitrogens with one attached hydrogen (secondary N) is 2. The third-order valence-corrected chi connectivity index (χ3v) is 5.93. The number of rotatable bonds is 7. The van der Waals surface area contributed by atoms with Crippen molar-refractivity contribution < 1.29 is 14.3 Å². The van der Waals surface area contributed by atoms with Crippen molar-refractivity contribution in [2.24, 2.45) is 0 Å². The number of hydrogen-bond donors (Lipinski definition) is 3. The number of nitrogens with zero attached hydrogens (tertiary/aromatic N) is 1. The predicted molar refractivity (Wildman–Crippen MR) is 113 cm³/mol. The Balaban J connectivity index is 2.10. The highest BCUT2D eigenvalue weighted by Gasteiger charge is 2.19. The van der Waals surface area contributed by atoms with E-state index in [1.165, 1.54) is 12.5 Å². The van der Waals surface area contributed by atoms with E-state index < -0.39 is 11.9 Å². The molecule has 3 N–H and O–H groups in total. The number of pyridine rings is 1. The molecule has 0 unspecified atom stereocenters. The maximum absolute atomic E-state index is 14.9. The number of carboxylic acid groups (broad SMARTS) is 1. The van der Waals surface area contributed by atoms with E-state index >= 15 is 0 Å². The van der Waals surface area contributed by atoms with E-state index in [4.69, 9.17) is 5.11 Å². The highest BCUT2D eigenvalue weighted by atomic mass is 19.1. The quantitative estimate of drug-likeness (QED) is 0.606. The van der Waals surface area contributed by atoms with Crippen molar-refractivity contribution in [3.63, 3.8) is 0 Å². The molecule has 1 aromatic carbocycles. The number of halogens is 1. The van der Waals surface area contributed by atoms with Crippen LogP contribution in [0.4, 0.5) is 14.9 Å². The Labute approximate surface area is 170 Å². The number of anilines is 1. The van der Waals surface area contributed by atoms with Gasteiger partial charge in [-0.25, -0.2) is 9.18 Å². The van der Waals surface area contributed by atoms with Crippen molar-refractivity contribution in [1.29, 1.82) is 0 Å². The van der Waals surface area contributed by atoms with Gasteiger partial charge in [0.2, 0.25) is 0 Å². The lowest BCUT2D eigenvalue weighted by atomic mass is 9.95. The Morgan fingerprint density at radius 3 is 2.55 bits per heavy atom. The molecule has 2 aromatic rings. The first-order valence-corrected chi connectivity index (χ1v) is 10.5. The maximum atomic E-state index is 14.9. The lowest BCUT2D eigenvalue weighted by Crippen LogP contribution is -2.26. The Kier molecular flexibility index (Phi) is 6.77.